The van der Waals surface area contributed by atoms with Crippen molar-refractivity contribution in [3.8, 4) is 0 Å². The quantitative estimate of drug-likeness (QED) is 0.876. The van der Waals surface area contributed by atoms with Crippen LogP contribution < -0.4 is 5.73 Å². The van der Waals surface area contributed by atoms with Gasteiger partial charge in [-0.05, 0) is 43.7 Å². The normalized spacial score (nSPS) is 21.9. The second-order valence-electron chi connectivity index (χ2n) is 5.28. The molecule has 2 aromatic heterocycles. The Kier molecular flexibility index (Phi) is 1.86. The van der Waals surface area contributed by atoms with Gasteiger partial charge < -0.3 is 10.3 Å². The number of fused-ring (bicyclic) bond motifs is 1. The molecule has 88 valence electrons. The van der Waals surface area contributed by atoms with E-state index in [0.29, 0.717) is 12.0 Å². The van der Waals surface area contributed by atoms with Crippen LogP contribution in [0, 0.1) is 5.92 Å². The van der Waals surface area contributed by atoms with E-state index in [2.05, 4.69) is 9.55 Å². The summed E-state index contributed by atoms with van der Waals surface area (Å²) in [6.45, 7) is 0. The standard InChI is InChI=1S/C13H16N4/c14-11(8-3-4-8)13-16-10-2-1-7-15-12(10)17(13)9-5-6-9/h1-2,7-9,11H,3-6,14H2. The molecule has 0 spiro atoms. The molecule has 2 fully saturated rings. The Labute approximate surface area is 99.9 Å². The molecule has 0 amide bonds. The van der Waals surface area contributed by atoms with Gasteiger partial charge in [-0.3, -0.25) is 0 Å². The van der Waals surface area contributed by atoms with Gasteiger partial charge in [0.05, 0.1) is 6.04 Å². The van der Waals surface area contributed by atoms with Gasteiger partial charge in [0.2, 0.25) is 0 Å². The van der Waals surface area contributed by atoms with Crippen molar-refractivity contribution in [2.24, 2.45) is 11.7 Å². The van der Waals surface area contributed by atoms with Gasteiger partial charge in [0, 0.05) is 12.2 Å². The molecule has 0 bridgehead atoms. The lowest BCUT2D eigenvalue weighted by molar-refractivity contribution is 0.550. The van der Waals surface area contributed by atoms with Crippen molar-refractivity contribution >= 4 is 11.2 Å². The molecule has 0 aromatic carbocycles. The molecule has 2 heterocycles. The maximum Gasteiger partial charge on any atom is 0.160 e. The van der Waals surface area contributed by atoms with Gasteiger partial charge in [-0.1, -0.05) is 0 Å². The molecule has 2 N–H and O–H groups in total. The van der Waals surface area contributed by atoms with Crippen LogP contribution in [0.15, 0.2) is 18.3 Å². The van der Waals surface area contributed by atoms with Crippen molar-refractivity contribution in [2.45, 2.75) is 37.8 Å². The third kappa shape index (κ3) is 1.47. The minimum atomic E-state index is 0.102. The van der Waals surface area contributed by atoms with Crippen LogP contribution in [0.5, 0.6) is 0 Å². The van der Waals surface area contributed by atoms with Gasteiger partial charge in [-0.15, -0.1) is 0 Å². The Bertz CT molecular complexity index is 566. The second kappa shape index (κ2) is 3.29. The average molecular weight is 228 g/mol. The molecular weight excluding hydrogens is 212 g/mol. The van der Waals surface area contributed by atoms with Crippen LogP contribution in [0.3, 0.4) is 0 Å². The Hall–Kier alpha value is -1.42. The summed E-state index contributed by atoms with van der Waals surface area (Å²) in [6.07, 6.45) is 6.83. The predicted octanol–water partition coefficient (Wildman–Crippen LogP) is 2.18. The zero-order chi connectivity index (χ0) is 11.4. The van der Waals surface area contributed by atoms with Crippen molar-refractivity contribution in [2.75, 3.05) is 0 Å². The highest BCUT2D eigenvalue weighted by Crippen LogP contribution is 2.44. The predicted molar refractivity (Wildman–Crippen MR) is 65.5 cm³/mol. The molecule has 17 heavy (non-hydrogen) atoms. The van der Waals surface area contributed by atoms with E-state index in [1.807, 2.05) is 18.3 Å². The Morgan fingerprint density at radius 2 is 2.12 bits per heavy atom. The van der Waals surface area contributed by atoms with E-state index in [0.717, 1.165) is 17.0 Å². The van der Waals surface area contributed by atoms with Crippen LogP contribution >= 0.6 is 0 Å². The molecule has 0 saturated heterocycles. The molecule has 2 aliphatic carbocycles. The number of hydrogen-bond acceptors (Lipinski definition) is 3. The zero-order valence-corrected chi connectivity index (χ0v) is 9.71. The number of pyridine rings is 1. The average Bonchev–Trinajstić information content (AvgIpc) is 3.23. The highest BCUT2D eigenvalue weighted by atomic mass is 15.2. The summed E-state index contributed by atoms with van der Waals surface area (Å²) < 4.78 is 2.29. The smallest absolute Gasteiger partial charge is 0.160 e. The maximum absolute atomic E-state index is 6.32. The molecule has 2 saturated carbocycles. The first-order valence-corrected chi connectivity index (χ1v) is 6.43. The summed E-state index contributed by atoms with van der Waals surface area (Å²) in [5.41, 5.74) is 8.33. The van der Waals surface area contributed by atoms with Crippen molar-refractivity contribution in [3.63, 3.8) is 0 Å². The van der Waals surface area contributed by atoms with E-state index < -0.39 is 0 Å². The third-order valence-corrected chi connectivity index (χ3v) is 3.82. The van der Waals surface area contributed by atoms with Crippen LogP contribution in [0.1, 0.15) is 43.6 Å². The summed E-state index contributed by atoms with van der Waals surface area (Å²) in [5.74, 6) is 1.70. The van der Waals surface area contributed by atoms with E-state index in [1.54, 1.807) is 0 Å². The van der Waals surface area contributed by atoms with Crippen LogP contribution in [0.4, 0.5) is 0 Å². The number of rotatable bonds is 3. The summed E-state index contributed by atoms with van der Waals surface area (Å²) in [7, 11) is 0. The molecule has 4 heteroatoms. The fourth-order valence-corrected chi connectivity index (χ4v) is 2.54. The Balaban J connectivity index is 1.91. The summed E-state index contributed by atoms with van der Waals surface area (Å²) >= 11 is 0. The van der Waals surface area contributed by atoms with Gasteiger partial charge in [0.1, 0.15) is 11.3 Å². The third-order valence-electron chi connectivity index (χ3n) is 3.82. The molecule has 0 aliphatic heterocycles. The van der Waals surface area contributed by atoms with E-state index in [9.17, 15) is 0 Å². The van der Waals surface area contributed by atoms with Crippen LogP contribution in [0.2, 0.25) is 0 Å². The van der Waals surface area contributed by atoms with Gasteiger partial charge in [0.15, 0.2) is 5.65 Å². The SMILES string of the molecule is NC(c1nc2cccnc2n1C1CC1)C1CC1. The van der Waals surface area contributed by atoms with Crippen LogP contribution in [-0.2, 0) is 0 Å². The molecule has 4 nitrogen and oxygen atoms in total. The lowest BCUT2D eigenvalue weighted by Crippen LogP contribution is -2.18. The largest absolute Gasteiger partial charge is 0.321 e. The lowest BCUT2D eigenvalue weighted by atomic mass is 10.2. The first kappa shape index (κ1) is 9.59. The Morgan fingerprint density at radius 1 is 1.29 bits per heavy atom. The van der Waals surface area contributed by atoms with E-state index in [4.69, 9.17) is 10.7 Å². The summed E-state index contributed by atoms with van der Waals surface area (Å²) in [4.78, 5) is 9.18. The minimum Gasteiger partial charge on any atom is -0.321 e. The highest BCUT2D eigenvalue weighted by Gasteiger charge is 2.36. The molecular formula is C13H16N4. The van der Waals surface area contributed by atoms with Gasteiger partial charge in [0.25, 0.3) is 0 Å². The molecule has 1 unspecified atom stereocenters. The maximum atomic E-state index is 6.32. The van der Waals surface area contributed by atoms with Crippen molar-refractivity contribution in [3.05, 3.63) is 24.2 Å². The van der Waals surface area contributed by atoms with Gasteiger partial charge in [-0.25, -0.2) is 9.97 Å². The molecule has 1 atom stereocenters. The Morgan fingerprint density at radius 3 is 2.82 bits per heavy atom. The zero-order valence-electron chi connectivity index (χ0n) is 9.71. The molecule has 2 aromatic rings. The highest BCUT2D eigenvalue weighted by molar-refractivity contribution is 5.71. The fraction of sp³-hybridized carbons (Fsp3) is 0.538. The number of nitrogens with two attached hydrogens (primary N) is 1. The fourth-order valence-electron chi connectivity index (χ4n) is 2.54. The number of nitrogens with zero attached hydrogens (tertiary/aromatic N) is 3. The minimum absolute atomic E-state index is 0.102. The molecule has 4 rings (SSSR count). The lowest BCUT2D eigenvalue weighted by Gasteiger charge is -2.12. The van der Waals surface area contributed by atoms with Crippen molar-refractivity contribution < 1.29 is 0 Å². The number of hydrogen-bond donors (Lipinski definition) is 1. The first-order valence-electron chi connectivity index (χ1n) is 6.43. The van der Waals surface area contributed by atoms with Gasteiger partial charge in [-0.2, -0.15) is 0 Å². The monoisotopic (exact) mass is 228 g/mol. The van der Waals surface area contributed by atoms with E-state index in [1.165, 1.54) is 25.7 Å². The van der Waals surface area contributed by atoms with Crippen LogP contribution in [0.25, 0.3) is 11.2 Å². The van der Waals surface area contributed by atoms with E-state index in [-0.39, 0.29) is 6.04 Å². The van der Waals surface area contributed by atoms with Crippen molar-refractivity contribution in [1.82, 2.24) is 14.5 Å². The summed E-state index contributed by atoms with van der Waals surface area (Å²) in [5, 5.41) is 0. The van der Waals surface area contributed by atoms with Crippen LogP contribution in [-0.4, -0.2) is 14.5 Å². The number of imidazole rings is 1. The molecule has 2 aliphatic rings. The summed E-state index contributed by atoms with van der Waals surface area (Å²) in [6, 6.07) is 4.67. The number of aromatic nitrogens is 3. The van der Waals surface area contributed by atoms with Gasteiger partial charge >= 0.3 is 0 Å². The molecule has 0 radical (unpaired) electrons. The first-order chi connectivity index (χ1) is 8.34. The topological polar surface area (TPSA) is 56.7 Å². The van der Waals surface area contributed by atoms with Crippen molar-refractivity contribution in [1.29, 1.82) is 0 Å². The van der Waals surface area contributed by atoms with E-state index >= 15 is 0 Å². The second-order valence-corrected chi connectivity index (χ2v) is 5.28.